The molecule has 2 aromatic heterocycles. The Morgan fingerprint density at radius 1 is 1.00 bits per heavy atom. The van der Waals surface area contributed by atoms with Crippen LogP contribution < -0.4 is 15.4 Å². The van der Waals surface area contributed by atoms with E-state index in [9.17, 15) is 4.79 Å². The van der Waals surface area contributed by atoms with Crippen LogP contribution in [-0.2, 0) is 24.3 Å². The van der Waals surface area contributed by atoms with Crippen LogP contribution in [0.4, 0.5) is 0 Å². The number of hydrogen-bond acceptors (Lipinski definition) is 6. The highest BCUT2D eigenvalue weighted by Gasteiger charge is 2.47. The van der Waals surface area contributed by atoms with Gasteiger partial charge in [-0.25, -0.2) is 4.98 Å². The van der Waals surface area contributed by atoms with E-state index in [-0.39, 0.29) is 11.4 Å². The van der Waals surface area contributed by atoms with E-state index in [4.69, 9.17) is 32.9 Å². The number of nitrogens with one attached hydrogen (secondary N) is 2. The standard InChI is InChI=1S/C32H30Cl2N4O2S/c1-40-31-19(16-38-17-32(18-38)12-10-28(39)37-32)8-9-25(36-31)23-6-2-4-21(29(23)33)22-5-3-7-24(30(22)34)27-14-20-15-35-13-11-26(20)41-27/h2-9,14,35H,10-13,15-18H2,1H3,(H,37,39). The van der Waals surface area contributed by atoms with E-state index >= 15 is 0 Å². The first-order chi connectivity index (χ1) is 19.9. The first-order valence-corrected chi connectivity index (χ1v) is 15.5. The molecule has 0 aliphatic carbocycles. The van der Waals surface area contributed by atoms with Gasteiger partial charge in [0.25, 0.3) is 0 Å². The van der Waals surface area contributed by atoms with E-state index in [0.29, 0.717) is 28.9 Å². The number of benzene rings is 2. The molecule has 0 radical (unpaired) electrons. The molecular weight excluding hydrogens is 575 g/mol. The number of nitrogens with zero attached hydrogens (tertiary/aromatic N) is 2. The number of amides is 1. The summed E-state index contributed by atoms with van der Waals surface area (Å²) >= 11 is 16.0. The van der Waals surface area contributed by atoms with Gasteiger partial charge < -0.3 is 15.4 Å². The summed E-state index contributed by atoms with van der Waals surface area (Å²) in [5.74, 6) is 0.736. The van der Waals surface area contributed by atoms with Crippen molar-refractivity contribution in [2.24, 2.45) is 0 Å². The summed E-state index contributed by atoms with van der Waals surface area (Å²) in [7, 11) is 1.65. The summed E-state index contributed by atoms with van der Waals surface area (Å²) in [5, 5.41) is 7.89. The maximum absolute atomic E-state index is 11.7. The van der Waals surface area contributed by atoms with Gasteiger partial charge in [-0.15, -0.1) is 11.3 Å². The van der Waals surface area contributed by atoms with Gasteiger partial charge in [-0.05, 0) is 30.5 Å². The SMILES string of the molecule is COc1nc(-c2cccc(-c3cccc(-c4cc5c(s4)CCNC5)c3Cl)c2Cl)ccc1CN1CC2(CCC(=O)N2)C1. The van der Waals surface area contributed by atoms with Crippen molar-refractivity contribution < 1.29 is 9.53 Å². The lowest BCUT2D eigenvalue weighted by Gasteiger charge is -2.48. The number of ether oxygens (including phenoxy) is 1. The monoisotopic (exact) mass is 604 g/mol. The minimum Gasteiger partial charge on any atom is -0.481 e. The predicted molar refractivity (Wildman–Crippen MR) is 166 cm³/mol. The second-order valence-corrected chi connectivity index (χ2v) is 13.1. The van der Waals surface area contributed by atoms with Crippen LogP contribution in [-0.4, -0.2) is 48.1 Å². The van der Waals surface area contributed by atoms with Gasteiger partial charge in [-0.2, -0.15) is 0 Å². The second-order valence-electron chi connectivity index (χ2n) is 11.2. The second kappa shape index (κ2) is 10.7. The molecule has 3 aliphatic rings. The molecule has 0 bridgehead atoms. The summed E-state index contributed by atoms with van der Waals surface area (Å²) in [6.07, 6.45) is 2.58. The number of halogens is 2. The highest BCUT2D eigenvalue weighted by molar-refractivity contribution is 7.15. The van der Waals surface area contributed by atoms with Crippen LogP contribution in [0.1, 0.15) is 28.8 Å². The van der Waals surface area contributed by atoms with E-state index in [0.717, 1.165) is 72.5 Å². The number of fused-ring (bicyclic) bond motifs is 1. The molecule has 6 nitrogen and oxygen atoms in total. The summed E-state index contributed by atoms with van der Waals surface area (Å²) in [6.45, 7) is 4.34. The molecule has 5 heterocycles. The number of pyridine rings is 1. The van der Waals surface area contributed by atoms with Crippen molar-refractivity contribution in [2.45, 2.75) is 37.9 Å². The molecule has 2 saturated heterocycles. The summed E-state index contributed by atoms with van der Waals surface area (Å²) in [5.41, 5.74) is 6.68. The number of rotatable bonds is 6. The fourth-order valence-corrected chi connectivity index (χ4v) is 8.27. The molecule has 210 valence electrons. The predicted octanol–water partition coefficient (Wildman–Crippen LogP) is 6.57. The summed E-state index contributed by atoms with van der Waals surface area (Å²) < 4.78 is 5.71. The third-order valence-electron chi connectivity index (χ3n) is 8.38. The van der Waals surface area contributed by atoms with Crippen molar-refractivity contribution >= 4 is 40.4 Å². The Bertz CT molecular complexity index is 1640. The fourth-order valence-electron chi connectivity index (χ4n) is 6.34. The lowest BCUT2D eigenvalue weighted by Crippen LogP contribution is -2.66. The Hall–Kier alpha value is -2.94. The van der Waals surface area contributed by atoms with Crippen molar-refractivity contribution in [3.63, 3.8) is 0 Å². The molecule has 2 fully saturated rings. The van der Waals surface area contributed by atoms with E-state index in [1.54, 1.807) is 7.11 Å². The molecule has 0 atom stereocenters. The van der Waals surface area contributed by atoms with Crippen molar-refractivity contribution in [1.82, 2.24) is 20.5 Å². The Kier molecular flexibility index (Phi) is 7.04. The third-order valence-corrected chi connectivity index (χ3v) is 10.5. The topological polar surface area (TPSA) is 66.5 Å². The third kappa shape index (κ3) is 4.94. The van der Waals surface area contributed by atoms with Gasteiger partial charge in [0.15, 0.2) is 0 Å². The Morgan fingerprint density at radius 2 is 1.73 bits per heavy atom. The van der Waals surface area contributed by atoms with Crippen LogP contribution in [0.15, 0.2) is 54.6 Å². The van der Waals surface area contributed by atoms with Gasteiger partial charge in [0, 0.05) is 76.7 Å². The normalized spacial score (nSPS) is 17.8. The van der Waals surface area contributed by atoms with Gasteiger partial charge >= 0.3 is 0 Å². The average Bonchev–Trinajstić information content (AvgIpc) is 3.57. The molecule has 2 aromatic carbocycles. The molecular formula is C32H30Cl2N4O2S. The summed E-state index contributed by atoms with van der Waals surface area (Å²) in [6, 6.07) is 18.4. The molecule has 9 heteroatoms. The smallest absolute Gasteiger partial charge is 0.220 e. The fraction of sp³-hybridized carbons (Fsp3) is 0.312. The number of thiophene rings is 1. The average molecular weight is 606 g/mol. The lowest BCUT2D eigenvalue weighted by molar-refractivity contribution is -0.120. The first kappa shape index (κ1) is 26.9. The van der Waals surface area contributed by atoms with Crippen LogP contribution in [0.3, 0.4) is 0 Å². The molecule has 7 rings (SSSR count). The van der Waals surface area contributed by atoms with Gasteiger partial charge in [-0.1, -0.05) is 65.7 Å². The maximum Gasteiger partial charge on any atom is 0.220 e. The number of aromatic nitrogens is 1. The number of methoxy groups -OCH3 is 1. The number of carbonyl (C=O) groups is 1. The quantitative estimate of drug-likeness (QED) is 0.260. The van der Waals surface area contributed by atoms with Gasteiger partial charge in [-0.3, -0.25) is 9.69 Å². The Labute approximate surface area is 253 Å². The van der Waals surface area contributed by atoms with Gasteiger partial charge in [0.2, 0.25) is 11.8 Å². The van der Waals surface area contributed by atoms with Crippen LogP contribution in [0.25, 0.3) is 32.8 Å². The Morgan fingerprint density at radius 3 is 2.44 bits per heavy atom. The number of carbonyl (C=O) groups excluding carboxylic acids is 1. The van der Waals surface area contributed by atoms with Crippen molar-refractivity contribution in [2.75, 3.05) is 26.7 Å². The molecule has 3 aliphatic heterocycles. The van der Waals surface area contributed by atoms with Crippen molar-refractivity contribution in [3.8, 4) is 38.7 Å². The van der Waals surface area contributed by atoms with Crippen molar-refractivity contribution in [1.29, 1.82) is 0 Å². The highest BCUT2D eigenvalue weighted by Crippen LogP contribution is 2.44. The molecule has 1 spiro atoms. The zero-order chi connectivity index (χ0) is 28.1. The largest absolute Gasteiger partial charge is 0.481 e. The van der Waals surface area contributed by atoms with Crippen LogP contribution >= 0.6 is 34.5 Å². The van der Waals surface area contributed by atoms with E-state index in [2.05, 4.69) is 33.7 Å². The molecule has 2 N–H and O–H groups in total. The lowest BCUT2D eigenvalue weighted by atomic mass is 9.88. The van der Waals surface area contributed by atoms with E-state index in [1.807, 2.05) is 47.7 Å². The molecule has 1 amide bonds. The zero-order valence-electron chi connectivity index (χ0n) is 22.7. The minimum atomic E-state index is -0.0513. The Balaban J connectivity index is 1.16. The molecule has 0 saturated carbocycles. The van der Waals surface area contributed by atoms with E-state index < -0.39 is 0 Å². The zero-order valence-corrected chi connectivity index (χ0v) is 25.1. The van der Waals surface area contributed by atoms with Crippen LogP contribution in [0, 0.1) is 0 Å². The van der Waals surface area contributed by atoms with E-state index in [1.165, 1.54) is 15.3 Å². The van der Waals surface area contributed by atoms with Crippen LogP contribution in [0.2, 0.25) is 10.0 Å². The van der Waals surface area contributed by atoms with Crippen LogP contribution in [0.5, 0.6) is 5.88 Å². The summed E-state index contributed by atoms with van der Waals surface area (Å²) in [4.78, 5) is 21.5. The molecule has 4 aromatic rings. The minimum absolute atomic E-state index is 0.0513. The van der Waals surface area contributed by atoms with Gasteiger partial charge in [0.1, 0.15) is 0 Å². The van der Waals surface area contributed by atoms with Crippen molar-refractivity contribution in [3.05, 3.63) is 80.6 Å². The molecule has 41 heavy (non-hydrogen) atoms. The maximum atomic E-state index is 11.7. The first-order valence-electron chi connectivity index (χ1n) is 13.9. The molecule has 0 unspecified atom stereocenters. The highest BCUT2D eigenvalue weighted by atomic mass is 35.5. The number of likely N-dealkylation sites (tertiary alicyclic amines) is 1. The number of hydrogen-bond donors (Lipinski definition) is 2. The van der Waals surface area contributed by atoms with Gasteiger partial charge in [0.05, 0.1) is 28.4 Å².